The van der Waals surface area contributed by atoms with Crippen molar-refractivity contribution in [1.29, 1.82) is 5.41 Å². The van der Waals surface area contributed by atoms with Gasteiger partial charge in [-0.05, 0) is 12.5 Å². The molecule has 1 rings (SSSR count). The van der Waals surface area contributed by atoms with Gasteiger partial charge in [-0.3, -0.25) is 11.1 Å². The fourth-order valence-corrected chi connectivity index (χ4v) is 2.06. The molecule has 0 spiro atoms. The van der Waals surface area contributed by atoms with Crippen molar-refractivity contribution in [3.05, 3.63) is 35.9 Å². The first-order chi connectivity index (χ1) is 6.94. The van der Waals surface area contributed by atoms with Crippen LogP contribution in [0.3, 0.4) is 0 Å². The first-order valence-corrected chi connectivity index (χ1v) is 6.42. The lowest BCUT2D eigenvalue weighted by molar-refractivity contribution is 0.453. The van der Waals surface area contributed by atoms with Crippen LogP contribution in [0.25, 0.3) is 0 Å². The summed E-state index contributed by atoms with van der Waals surface area (Å²) in [5.74, 6) is -0.770. The van der Waals surface area contributed by atoms with Crippen LogP contribution in [0.5, 0.6) is 0 Å². The molecule has 1 aromatic rings. The molecule has 1 aromatic carbocycles. The number of rotatable bonds is 4. The van der Waals surface area contributed by atoms with Gasteiger partial charge in [-0.2, -0.15) is 0 Å². The van der Waals surface area contributed by atoms with Crippen molar-refractivity contribution in [3.63, 3.8) is 0 Å². The molecule has 5 N–H and O–H groups in total. The van der Waals surface area contributed by atoms with Crippen molar-refractivity contribution in [2.45, 2.75) is 19.1 Å². The highest BCUT2D eigenvalue weighted by Gasteiger charge is 2.44. The molecule has 0 fully saturated rings. The molecule has 5 heteroatoms. The number of hydrogen-bond donors (Lipinski definition) is 4. The van der Waals surface area contributed by atoms with Gasteiger partial charge in [-0.25, -0.2) is 9.79 Å². The maximum atomic E-state index is 9.64. The van der Waals surface area contributed by atoms with Crippen LogP contribution in [-0.2, 0) is 6.42 Å². The van der Waals surface area contributed by atoms with E-state index in [-0.39, 0.29) is 11.9 Å². The molecule has 0 aromatic heterocycles. The maximum absolute atomic E-state index is 9.64. The van der Waals surface area contributed by atoms with E-state index in [1.54, 1.807) is 0 Å². The van der Waals surface area contributed by atoms with Crippen molar-refractivity contribution in [3.8, 4) is 0 Å². The van der Waals surface area contributed by atoms with E-state index in [9.17, 15) is 9.79 Å². The summed E-state index contributed by atoms with van der Waals surface area (Å²) in [6.07, 6.45) is 0.239. The molecule has 0 saturated carbocycles. The van der Waals surface area contributed by atoms with Crippen molar-refractivity contribution in [1.82, 2.24) is 0 Å². The summed E-state index contributed by atoms with van der Waals surface area (Å²) in [5.41, 5.74) is 6.24. The number of hydrogen-bond acceptors (Lipinski definition) is 4. The lowest BCUT2D eigenvalue weighted by Crippen LogP contribution is -2.25. The predicted molar refractivity (Wildman–Crippen MR) is 62.9 cm³/mol. The van der Waals surface area contributed by atoms with E-state index in [1.165, 1.54) is 6.92 Å². The zero-order valence-corrected chi connectivity index (χ0v) is 9.48. The summed E-state index contributed by atoms with van der Waals surface area (Å²) < 4.78 is 0. The number of benzene rings is 1. The van der Waals surface area contributed by atoms with Crippen molar-refractivity contribution in [2.75, 3.05) is 0 Å². The van der Waals surface area contributed by atoms with Gasteiger partial charge in [-0.1, -0.05) is 30.3 Å². The lowest BCUT2D eigenvalue weighted by atomic mass is 10.2. The molecule has 1 atom stereocenters. The van der Waals surface area contributed by atoms with Crippen LogP contribution in [0.15, 0.2) is 30.3 Å². The first kappa shape index (κ1) is 12.3. The molecule has 0 saturated heterocycles. The first-order valence-electron chi connectivity index (χ1n) is 4.66. The minimum atomic E-state index is -3.41. The van der Waals surface area contributed by atoms with Crippen LogP contribution >= 0.6 is 7.72 Å². The van der Waals surface area contributed by atoms with E-state index in [0.29, 0.717) is 0 Å². The van der Waals surface area contributed by atoms with E-state index in [1.807, 2.05) is 30.3 Å². The number of nitrogens with one attached hydrogen (secondary N) is 1. The molecule has 1 unspecified atom stereocenters. The van der Waals surface area contributed by atoms with Crippen molar-refractivity contribution in [2.24, 2.45) is 5.73 Å². The fourth-order valence-electron chi connectivity index (χ4n) is 1.15. The Hall–Kier alpha value is -0.800. The molecular weight excluding hydrogens is 211 g/mol. The summed E-state index contributed by atoms with van der Waals surface area (Å²) in [5, 5.41) is 7.63. The molecule has 0 aliphatic rings. The monoisotopic (exact) mass is 227 g/mol. The van der Waals surface area contributed by atoms with Gasteiger partial charge in [0.05, 0.1) is 6.42 Å². The number of nitrogens with two attached hydrogens (primary N) is 1. The third-order valence-corrected chi connectivity index (χ3v) is 4.27. The molecule has 15 heavy (non-hydrogen) atoms. The molecule has 0 heterocycles. The fraction of sp³-hybridized carbons (Fsp3) is 0.300. The van der Waals surface area contributed by atoms with E-state index in [2.05, 4.69) is 0 Å². The Morgan fingerprint density at radius 2 is 1.93 bits per heavy atom. The van der Waals surface area contributed by atoms with Crippen LogP contribution in [0, 0.1) is 5.41 Å². The minimum Gasteiger partial charge on any atom is -0.292 e. The van der Waals surface area contributed by atoms with E-state index in [4.69, 9.17) is 11.1 Å². The lowest BCUT2D eigenvalue weighted by Gasteiger charge is -2.16. The van der Waals surface area contributed by atoms with Gasteiger partial charge in [0, 0.05) is 0 Å². The highest BCUT2D eigenvalue weighted by molar-refractivity contribution is 7.81. The van der Waals surface area contributed by atoms with Gasteiger partial charge in [-0.15, -0.1) is 0 Å². The van der Waals surface area contributed by atoms with Gasteiger partial charge >= 0.3 is 7.72 Å². The van der Waals surface area contributed by atoms with Gasteiger partial charge in [0.25, 0.3) is 0 Å². The van der Waals surface area contributed by atoms with Gasteiger partial charge in [0.15, 0.2) is 5.78 Å². The van der Waals surface area contributed by atoms with Crippen LogP contribution in [0.2, 0.25) is 0 Å². The van der Waals surface area contributed by atoms with Gasteiger partial charge < -0.3 is 0 Å². The summed E-state index contributed by atoms with van der Waals surface area (Å²) in [4.78, 5) is 19.3. The molecule has 0 radical (unpaired) electrons. The Morgan fingerprint density at radius 1 is 1.40 bits per heavy atom. The summed E-state index contributed by atoms with van der Waals surface area (Å²) in [6.45, 7) is 1.51. The van der Waals surface area contributed by atoms with Crippen LogP contribution < -0.4 is 5.73 Å². The molecular formula is C10H16N2O2P+. The molecule has 0 aliphatic carbocycles. The Kier molecular flexibility index (Phi) is 3.94. The standard InChI is InChI=1S/C10H16N2O2P/c1-8(11)15(13,14)10(12)7-9-5-3-2-4-6-9/h2-6,8,12-14H,7,11H2,1H3/q+1. The van der Waals surface area contributed by atoms with Crippen LogP contribution in [0.1, 0.15) is 12.5 Å². The van der Waals surface area contributed by atoms with E-state index >= 15 is 0 Å². The smallest absolute Gasteiger partial charge is 0.292 e. The van der Waals surface area contributed by atoms with Crippen molar-refractivity contribution < 1.29 is 9.79 Å². The Balaban J connectivity index is 2.72. The van der Waals surface area contributed by atoms with Crippen molar-refractivity contribution >= 4 is 13.2 Å². The topological polar surface area (TPSA) is 90.3 Å². The van der Waals surface area contributed by atoms with Gasteiger partial charge in [0.1, 0.15) is 0 Å². The molecule has 0 aliphatic heterocycles. The molecule has 82 valence electrons. The Morgan fingerprint density at radius 3 is 2.40 bits per heavy atom. The zero-order chi connectivity index (χ0) is 11.5. The highest BCUT2D eigenvalue weighted by atomic mass is 31.2. The minimum absolute atomic E-state index is 0.0799. The van der Waals surface area contributed by atoms with E-state index < -0.39 is 13.5 Å². The average Bonchev–Trinajstić information content (AvgIpc) is 2.18. The second-order valence-corrected chi connectivity index (χ2v) is 6.15. The highest BCUT2D eigenvalue weighted by Crippen LogP contribution is 2.54. The SMILES string of the molecule is CC(N)[P+](O)(O)C(=N)Cc1ccccc1. The normalized spacial score (nSPS) is 13.6. The Bertz CT molecular complexity index is 339. The molecule has 4 nitrogen and oxygen atoms in total. The summed E-state index contributed by atoms with van der Waals surface area (Å²) in [7, 11) is -3.41. The predicted octanol–water partition coefficient (Wildman–Crippen LogP) is 1.34. The summed E-state index contributed by atoms with van der Waals surface area (Å²) >= 11 is 0. The third kappa shape index (κ3) is 3.08. The maximum Gasteiger partial charge on any atom is 0.331 e. The quantitative estimate of drug-likeness (QED) is 0.462. The molecule has 0 amide bonds. The largest absolute Gasteiger partial charge is 0.331 e. The second-order valence-electron chi connectivity index (χ2n) is 3.50. The zero-order valence-electron chi connectivity index (χ0n) is 8.59. The van der Waals surface area contributed by atoms with Gasteiger partial charge in [0.2, 0.25) is 5.45 Å². The van der Waals surface area contributed by atoms with Crippen LogP contribution in [-0.4, -0.2) is 21.0 Å². The summed E-state index contributed by atoms with van der Waals surface area (Å²) in [6, 6.07) is 9.26. The molecule has 0 bridgehead atoms. The third-order valence-electron chi connectivity index (χ3n) is 2.18. The Labute approximate surface area is 89.8 Å². The van der Waals surface area contributed by atoms with E-state index in [0.717, 1.165) is 5.56 Å². The second kappa shape index (κ2) is 4.81. The van der Waals surface area contributed by atoms with Crippen LogP contribution in [0.4, 0.5) is 0 Å². The average molecular weight is 227 g/mol.